The summed E-state index contributed by atoms with van der Waals surface area (Å²) in [6.07, 6.45) is -3.65. The molecule has 1 aromatic carbocycles. The summed E-state index contributed by atoms with van der Waals surface area (Å²) in [5.74, 6) is 2.20. The summed E-state index contributed by atoms with van der Waals surface area (Å²) < 4.78 is 40.5. The van der Waals surface area contributed by atoms with E-state index in [1.807, 2.05) is 32.4 Å². The molecule has 1 unspecified atom stereocenters. The Morgan fingerprint density at radius 3 is 2.55 bits per heavy atom. The van der Waals surface area contributed by atoms with Gasteiger partial charge in [0.15, 0.2) is 11.8 Å². The van der Waals surface area contributed by atoms with Gasteiger partial charge in [-0.05, 0) is 37.8 Å². The van der Waals surface area contributed by atoms with Gasteiger partial charge in [0.25, 0.3) is 0 Å². The van der Waals surface area contributed by atoms with Gasteiger partial charge in [-0.3, -0.25) is 0 Å². The Balaban J connectivity index is 0.00000420. The maximum atomic E-state index is 12.9. The average molecular weight is 524 g/mol. The summed E-state index contributed by atoms with van der Waals surface area (Å²) in [6, 6.07) is 5.51. The fourth-order valence-electron chi connectivity index (χ4n) is 2.68. The van der Waals surface area contributed by atoms with Gasteiger partial charge in [-0.2, -0.15) is 13.2 Å². The van der Waals surface area contributed by atoms with E-state index in [1.54, 1.807) is 6.07 Å². The number of guanidine groups is 1. The van der Waals surface area contributed by atoms with Crippen LogP contribution in [0, 0.1) is 6.92 Å². The maximum absolute atomic E-state index is 12.9. The van der Waals surface area contributed by atoms with Gasteiger partial charge in [-0.15, -0.1) is 34.2 Å². The molecule has 29 heavy (non-hydrogen) atoms. The molecule has 2 aromatic rings. The quantitative estimate of drug-likeness (QED) is 0.327. The molecule has 1 heterocycles. The molecular formula is C19H28F3IN6. The van der Waals surface area contributed by atoms with Crippen molar-refractivity contribution in [2.45, 2.75) is 45.8 Å². The molecule has 0 amide bonds. The topological polar surface area (TPSA) is 67.1 Å². The summed E-state index contributed by atoms with van der Waals surface area (Å²) >= 11 is 0. The molecule has 1 atom stereocenters. The second-order valence-corrected chi connectivity index (χ2v) is 6.66. The number of benzene rings is 1. The van der Waals surface area contributed by atoms with E-state index < -0.39 is 11.7 Å². The van der Waals surface area contributed by atoms with Crippen molar-refractivity contribution in [1.29, 1.82) is 0 Å². The van der Waals surface area contributed by atoms with Crippen LogP contribution >= 0.6 is 24.0 Å². The van der Waals surface area contributed by atoms with E-state index in [1.165, 1.54) is 12.1 Å². The molecule has 0 aliphatic carbocycles. The Morgan fingerprint density at radius 1 is 1.24 bits per heavy atom. The zero-order valence-electron chi connectivity index (χ0n) is 17.0. The lowest BCUT2D eigenvalue weighted by Gasteiger charge is -2.16. The maximum Gasteiger partial charge on any atom is 0.416 e. The van der Waals surface area contributed by atoms with Gasteiger partial charge in [0.2, 0.25) is 0 Å². The van der Waals surface area contributed by atoms with E-state index in [4.69, 9.17) is 0 Å². The number of nitrogens with zero attached hydrogens (tertiary/aromatic N) is 4. The van der Waals surface area contributed by atoms with E-state index in [0.717, 1.165) is 17.7 Å². The number of alkyl halides is 3. The van der Waals surface area contributed by atoms with Crippen LogP contribution in [0.1, 0.15) is 49.0 Å². The minimum atomic E-state index is -4.32. The van der Waals surface area contributed by atoms with E-state index >= 15 is 0 Å². The first-order chi connectivity index (χ1) is 13.2. The van der Waals surface area contributed by atoms with Crippen molar-refractivity contribution in [2.24, 2.45) is 12.0 Å². The first kappa shape index (κ1) is 25.2. The van der Waals surface area contributed by atoms with E-state index in [2.05, 4.69) is 25.8 Å². The van der Waals surface area contributed by atoms with Gasteiger partial charge in [0.1, 0.15) is 12.4 Å². The largest absolute Gasteiger partial charge is 0.416 e. The highest BCUT2D eigenvalue weighted by molar-refractivity contribution is 14.0. The average Bonchev–Trinajstić information content (AvgIpc) is 2.97. The second kappa shape index (κ2) is 11.4. The van der Waals surface area contributed by atoms with Crippen LogP contribution in [-0.2, 0) is 19.8 Å². The van der Waals surface area contributed by atoms with E-state index in [9.17, 15) is 13.2 Å². The monoisotopic (exact) mass is 524 g/mol. The van der Waals surface area contributed by atoms with Crippen LogP contribution in [-0.4, -0.2) is 33.8 Å². The number of nitrogens with one attached hydrogen (secondary N) is 2. The summed E-state index contributed by atoms with van der Waals surface area (Å²) in [5, 5.41) is 14.5. The van der Waals surface area contributed by atoms with Gasteiger partial charge in [-0.1, -0.05) is 25.1 Å². The zero-order chi connectivity index (χ0) is 20.7. The Bertz CT molecular complexity index is 803. The number of hydrogen-bond donors (Lipinski definition) is 2. The van der Waals surface area contributed by atoms with Crippen molar-refractivity contribution in [3.63, 3.8) is 0 Å². The lowest BCUT2D eigenvalue weighted by atomic mass is 9.96. The number of aliphatic imine (C=N–C) groups is 1. The standard InChI is InChI=1S/C19H27F3N6.HI/c1-5-23-18(25-12-17-27-26-14(3)28(17)4)24-10-9-13(2)15-7-6-8-16(11-15)19(20,21)22;/h6-8,11,13H,5,9-10,12H2,1-4H3,(H2,23,24,25);1H. The first-order valence-electron chi connectivity index (χ1n) is 9.26. The van der Waals surface area contributed by atoms with Crippen LogP contribution in [0.25, 0.3) is 0 Å². The molecule has 0 aliphatic heterocycles. The molecular weight excluding hydrogens is 496 g/mol. The smallest absolute Gasteiger partial charge is 0.357 e. The van der Waals surface area contributed by atoms with Crippen LogP contribution in [0.4, 0.5) is 13.2 Å². The zero-order valence-corrected chi connectivity index (χ0v) is 19.4. The molecule has 0 aliphatic rings. The predicted octanol–water partition coefficient (Wildman–Crippen LogP) is 4.01. The molecule has 2 N–H and O–H groups in total. The summed E-state index contributed by atoms with van der Waals surface area (Å²) in [7, 11) is 1.89. The first-order valence-corrected chi connectivity index (χ1v) is 9.26. The van der Waals surface area contributed by atoms with Gasteiger partial charge >= 0.3 is 6.18 Å². The van der Waals surface area contributed by atoms with Gasteiger partial charge in [-0.25, -0.2) is 4.99 Å². The van der Waals surface area contributed by atoms with Gasteiger partial charge in [0, 0.05) is 20.1 Å². The summed E-state index contributed by atoms with van der Waals surface area (Å²) in [5.41, 5.74) is 0.0619. The van der Waals surface area contributed by atoms with Crippen molar-refractivity contribution < 1.29 is 13.2 Å². The molecule has 0 spiro atoms. The fraction of sp³-hybridized carbons (Fsp3) is 0.526. The highest BCUT2D eigenvalue weighted by Gasteiger charge is 2.30. The minimum absolute atomic E-state index is 0. The number of aromatic nitrogens is 3. The molecule has 2 rings (SSSR count). The van der Waals surface area contributed by atoms with Crippen LogP contribution in [0.3, 0.4) is 0 Å². The SMILES string of the molecule is CCNC(=NCc1nnc(C)n1C)NCCC(C)c1cccc(C(F)(F)F)c1.I. The molecule has 0 fully saturated rings. The second-order valence-electron chi connectivity index (χ2n) is 6.66. The molecule has 0 saturated heterocycles. The van der Waals surface area contributed by atoms with E-state index in [-0.39, 0.29) is 29.9 Å². The van der Waals surface area contributed by atoms with Crippen molar-refractivity contribution in [3.8, 4) is 0 Å². The lowest BCUT2D eigenvalue weighted by molar-refractivity contribution is -0.137. The predicted molar refractivity (Wildman–Crippen MR) is 118 cm³/mol. The van der Waals surface area contributed by atoms with Crippen molar-refractivity contribution in [3.05, 3.63) is 47.0 Å². The third-order valence-electron chi connectivity index (χ3n) is 4.56. The number of hydrogen-bond acceptors (Lipinski definition) is 3. The summed E-state index contributed by atoms with van der Waals surface area (Å²) in [6.45, 7) is 7.43. The molecule has 0 saturated carbocycles. The molecule has 0 bridgehead atoms. The Hall–Kier alpha value is -1.85. The number of aryl methyl sites for hydroxylation is 1. The molecule has 6 nitrogen and oxygen atoms in total. The highest BCUT2D eigenvalue weighted by atomic mass is 127. The molecule has 162 valence electrons. The Labute approximate surface area is 186 Å². The Morgan fingerprint density at radius 2 is 1.97 bits per heavy atom. The molecule has 1 aromatic heterocycles. The molecule has 10 heteroatoms. The van der Waals surface area contributed by atoms with Gasteiger partial charge in [0.05, 0.1) is 5.56 Å². The number of rotatable bonds is 7. The van der Waals surface area contributed by atoms with Crippen molar-refractivity contribution in [2.75, 3.05) is 13.1 Å². The van der Waals surface area contributed by atoms with Crippen molar-refractivity contribution >= 4 is 29.9 Å². The summed E-state index contributed by atoms with van der Waals surface area (Å²) in [4.78, 5) is 4.50. The van der Waals surface area contributed by atoms with Crippen LogP contribution in [0.15, 0.2) is 29.3 Å². The Kier molecular flexibility index (Phi) is 9.87. The van der Waals surface area contributed by atoms with Gasteiger partial charge < -0.3 is 15.2 Å². The third kappa shape index (κ3) is 7.48. The van der Waals surface area contributed by atoms with E-state index in [0.29, 0.717) is 37.6 Å². The normalized spacial score (nSPS) is 13.0. The number of halogens is 4. The van der Waals surface area contributed by atoms with Crippen LogP contribution in [0.5, 0.6) is 0 Å². The fourth-order valence-corrected chi connectivity index (χ4v) is 2.68. The van der Waals surface area contributed by atoms with Crippen molar-refractivity contribution in [1.82, 2.24) is 25.4 Å². The highest BCUT2D eigenvalue weighted by Crippen LogP contribution is 2.31. The van der Waals surface area contributed by atoms with Crippen LogP contribution < -0.4 is 10.6 Å². The minimum Gasteiger partial charge on any atom is -0.357 e. The van der Waals surface area contributed by atoms with Crippen LogP contribution in [0.2, 0.25) is 0 Å². The lowest BCUT2D eigenvalue weighted by Crippen LogP contribution is -2.38. The third-order valence-corrected chi connectivity index (χ3v) is 4.56. The molecule has 0 radical (unpaired) electrons.